The van der Waals surface area contributed by atoms with Gasteiger partial charge in [-0.15, -0.1) is 0 Å². The number of hydrogen-bond acceptors (Lipinski definition) is 9. The number of likely N-dealkylation sites (tertiary alicyclic amines) is 1. The summed E-state index contributed by atoms with van der Waals surface area (Å²) in [6, 6.07) is 4.35. The van der Waals surface area contributed by atoms with Crippen LogP contribution in [0.5, 0.6) is 23.3 Å². The van der Waals surface area contributed by atoms with Crippen LogP contribution in [0.3, 0.4) is 0 Å². The Morgan fingerprint density at radius 3 is 2.33 bits per heavy atom. The lowest BCUT2D eigenvalue weighted by Gasteiger charge is -2.33. The van der Waals surface area contributed by atoms with Crippen molar-refractivity contribution < 1.29 is 32.2 Å². The molecule has 0 bridgehead atoms. The fourth-order valence-corrected chi connectivity index (χ4v) is 5.70. The summed E-state index contributed by atoms with van der Waals surface area (Å²) in [5.74, 6) is 0.675. The number of carbonyl (C=O) groups excluding carboxylic acids is 1. The predicted molar refractivity (Wildman–Crippen MR) is 132 cm³/mol. The highest BCUT2D eigenvalue weighted by Gasteiger charge is 2.37. The van der Waals surface area contributed by atoms with Gasteiger partial charge < -0.3 is 23.8 Å². The Bertz CT molecular complexity index is 1220. The molecule has 12 heteroatoms. The van der Waals surface area contributed by atoms with Gasteiger partial charge in [-0.25, -0.2) is 13.2 Å². The molecule has 0 unspecified atom stereocenters. The zero-order chi connectivity index (χ0) is 26.1. The molecule has 0 N–H and O–H groups in total. The van der Waals surface area contributed by atoms with Crippen molar-refractivity contribution in [2.75, 3.05) is 20.2 Å². The Labute approximate surface area is 215 Å². The van der Waals surface area contributed by atoms with Crippen molar-refractivity contribution in [2.24, 2.45) is 0 Å². The Morgan fingerprint density at radius 2 is 1.75 bits per heavy atom. The Balaban J connectivity index is 1.43. The lowest BCUT2D eigenvalue weighted by molar-refractivity contribution is 0.0120. The van der Waals surface area contributed by atoms with E-state index in [1.54, 1.807) is 4.90 Å². The van der Waals surface area contributed by atoms with E-state index in [1.807, 2.05) is 20.8 Å². The average molecular weight is 540 g/mol. The lowest BCUT2D eigenvalue weighted by Crippen LogP contribution is -2.44. The highest BCUT2D eigenvalue weighted by Crippen LogP contribution is 2.40. The Hall–Kier alpha value is -2.79. The van der Waals surface area contributed by atoms with Crippen LogP contribution in [0.25, 0.3) is 0 Å². The third kappa shape index (κ3) is 6.12. The maximum atomic E-state index is 12.5. The van der Waals surface area contributed by atoms with Gasteiger partial charge in [0.25, 0.3) is 11.8 Å². The van der Waals surface area contributed by atoms with Crippen LogP contribution in [0.2, 0.25) is 5.02 Å². The van der Waals surface area contributed by atoms with E-state index in [1.165, 1.54) is 31.6 Å². The number of piperidine rings is 1. The molecule has 36 heavy (non-hydrogen) atoms. The maximum absolute atomic E-state index is 12.5. The summed E-state index contributed by atoms with van der Waals surface area (Å²) in [5, 5.41) is -0.202. The van der Waals surface area contributed by atoms with Crippen LogP contribution in [0.15, 0.2) is 29.4 Å². The van der Waals surface area contributed by atoms with Crippen LogP contribution >= 0.6 is 11.6 Å². The van der Waals surface area contributed by atoms with E-state index in [0.29, 0.717) is 38.8 Å². The summed E-state index contributed by atoms with van der Waals surface area (Å²) >= 11 is 6.33. The van der Waals surface area contributed by atoms with Gasteiger partial charge >= 0.3 is 6.09 Å². The van der Waals surface area contributed by atoms with Gasteiger partial charge in [0, 0.05) is 25.9 Å². The number of benzene rings is 1. The third-order valence-electron chi connectivity index (χ3n) is 5.72. The largest absolute Gasteiger partial charge is 0.487 e. The molecule has 1 aromatic heterocycles. The zero-order valence-electron chi connectivity index (χ0n) is 20.7. The van der Waals surface area contributed by atoms with Gasteiger partial charge in [0.2, 0.25) is 5.75 Å². The van der Waals surface area contributed by atoms with E-state index >= 15 is 0 Å². The van der Waals surface area contributed by atoms with E-state index in [2.05, 4.69) is 9.97 Å². The highest BCUT2D eigenvalue weighted by molar-refractivity contribution is 7.92. The maximum Gasteiger partial charge on any atom is 0.410 e. The molecule has 2 fully saturated rings. The fraction of sp³-hybridized carbons (Fsp3) is 0.542. The molecule has 2 aliphatic rings. The average Bonchev–Trinajstić information content (AvgIpc) is 3.66. The standard InChI is InChI=1S/C24H30ClN3O7S/c1-24(2,3)35-23(29)28-11-9-15(10-12-28)33-21-20(32-4)22(27-14-26-21)34-19-8-7-17(13-18(19)25)36(30,31)16-5-6-16/h7-8,13-16H,5-6,9-12H2,1-4H3. The zero-order valence-corrected chi connectivity index (χ0v) is 22.3. The molecule has 1 aliphatic carbocycles. The van der Waals surface area contributed by atoms with Gasteiger partial charge in [-0.2, -0.15) is 9.97 Å². The highest BCUT2D eigenvalue weighted by atomic mass is 35.5. The van der Waals surface area contributed by atoms with E-state index in [4.69, 9.17) is 30.5 Å². The molecule has 2 heterocycles. The summed E-state index contributed by atoms with van der Waals surface area (Å²) < 4.78 is 47.8. The molecule has 1 aliphatic heterocycles. The van der Waals surface area contributed by atoms with Crippen LogP contribution in [-0.2, 0) is 14.6 Å². The van der Waals surface area contributed by atoms with E-state index in [9.17, 15) is 13.2 Å². The molecule has 10 nitrogen and oxygen atoms in total. The van der Waals surface area contributed by atoms with Gasteiger partial charge in [0.1, 0.15) is 23.8 Å². The van der Waals surface area contributed by atoms with Crippen LogP contribution in [-0.4, -0.2) is 66.5 Å². The van der Waals surface area contributed by atoms with Crippen molar-refractivity contribution in [3.63, 3.8) is 0 Å². The topological polar surface area (TPSA) is 117 Å². The summed E-state index contributed by atoms with van der Waals surface area (Å²) in [4.78, 5) is 22.4. The Kier molecular flexibility index (Phi) is 7.51. The van der Waals surface area contributed by atoms with Crippen molar-refractivity contribution in [3.05, 3.63) is 29.5 Å². The minimum Gasteiger partial charge on any atom is -0.487 e. The summed E-state index contributed by atoms with van der Waals surface area (Å²) in [5.41, 5.74) is -0.552. The molecule has 0 atom stereocenters. The van der Waals surface area contributed by atoms with Crippen molar-refractivity contribution in [3.8, 4) is 23.3 Å². The number of halogens is 1. The monoisotopic (exact) mass is 539 g/mol. The number of hydrogen-bond donors (Lipinski definition) is 0. The van der Waals surface area contributed by atoms with Crippen molar-refractivity contribution >= 4 is 27.5 Å². The second-order valence-electron chi connectivity index (χ2n) is 9.74. The number of rotatable bonds is 7. The quantitative estimate of drug-likeness (QED) is 0.495. The first-order chi connectivity index (χ1) is 17.0. The Morgan fingerprint density at radius 1 is 1.08 bits per heavy atom. The number of carbonyl (C=O) groups is 1. The molecule has 1 saturated carbocycles. The number of sulfone groups is 1. The molecule has 1 saturated heterocycles. The summed E-state index contributed by atoms with van der Waals surface area (Å²) in [6.45, 7) is 6.47. The minimum absolute atomic E-state index is 0.0772. The fourth-order valence-electron chi connectivity index (χ4n) is 3.73. The minimum atomic E-state index is -3.38. The number of ether oxygens (including phenoxy) is 4. The van der Waals surface area contributed by atoms with Gasteiger partial charge in [-0.1, -0.05) is 11.6 Å². The molecule has 0 radical (unpaired) electrons. The van der Waals surface area contributed by atoms with Gasteiger partial charge in [0.05, 0.1) is 22.3 Å². The van der Waals surface area contributed by atoms with Crippen LogP contribution < -0.4 is 14.2 Å². The SMILES string of the molecule is COc1c(Oc2ccc(S(=O)(=O)C3CC3)cc2Cl)ncnc1OC1CCN(C(=O)OC(C)(C)C)CC1. The number of aromatic nitrogens is 2. The van der Waals surface area contributed by atoms with Crippen molar-refractivity contribution in [1.29, 1.82) is 0 Å². The van der Waals surface area contributed by atoms with Gasteiger partial charge in [0.15, 0.2) is 9.84 Å². The first kappa shape index (κ1) is 26.3. The van der Waals surface area contributed by atoms with E-state index in [-0.39, 0.29) is 50.6 Å². The second-order valence-corrected chi connectivity index (χ2v) is 12.4. The number of amides is 1. The normalized spacial score (nSPS) is 17.0. The van der Waals surface area contributed by atoms with Crippen molar-refractivity contribution in [2.45, 2.75) is 68.3 Å². The summed E-state index contributed by atoms with van der Waals surface area (Å²) in [6.07, 6.45) is 3.25. The lowest BCUT2D eigenvalue weighted by atomic mass is 10.1. The van der Waals surface area contributed by atoms with Gasteiger partial charge in [-0.3, -0.25) is 0 Å². The van der Waals surface area contributed by atoms with Crippen LogP contribution in [0.1, 0.15) is 46.5 Å². The smallest absolute Gasteiger partial charge is 0.410 e. The van der Waals surface area contributed by atoms with Crippen LogP contribution in [0, 0.1) is 0 Å². The second kappa shape index (κ2) is 10.3. The van der Waals surface area contributed by atoms with Crippen LogP contribution in [0.4, 0.5) is 4.79 Å². The molecule has 0 spiro atoms. The molecule has 2 aromatic rings. The van der Waals surface area contributed by atoms with E-state index < -0.39 is 15.4 Å². The first-order valence-corrected chi connectivity index (χ1v) is 13.6. The number of nitrogens with zero attached hydrogens (tertiary/aromatic N) is 3. The molecule has 1 amide bonds. The van der Waals surface area contributed by atoms with E-state index in [0.717, 1.165) is 0 Å². The molecular formula is C24H30ClN3O7S. The molecular weight excluding hydrogens is 510 g/mol. The molecule has 1 aromatic carbocycles. The predicted octanol–water partition coefficient (Wildman–Crippen LogP) is 4.65. The number of methoxy groups -OCH3 is 1. The van der Waals surface area contributed by atoms with Crippen molar-refractivity contribution in [1.82, 2.24) is 14.9 Å². The summed E-state index contributed by atoms with van der Waals surface area (Å²) in [7, 11) is -1.93. The molecule has 4 rings (SSSR count). The van der Waals surface area contributed by atoms with Gasteiger partial charge in [-0.05, 0) is 51.8 Å². The molecule has 196 valence electrons. The first-order valence-electron chi connectivity index (χ1n) is 11.7. The third-order valence-corrected chi connectivity index (χ3v) is 8.27.